The van der Waals surface area contributed by atoms with Crippen LogP contribution in [0, 0.1) is 12.7 Å². The molecule has 26 heavy (non-hydrogen) atoms. The van der Waals surface area contributed by atoms with Crippen molar-refractivity contribution in [3.05, 3.63) is 65.9 Å². The second-order valence-corrected chi connectivity index (χ2v) is 5.42. The molecule has 3 aromatic rings. The van der Waals surface area contributed by atoms with E-state index < -0.39 is 11.7 Å². The number of amides is 1. The molecular weight excluding hydrogens is 337 g/mol. The standard InChI is InChI=1S/C17H16FN7O/c1-10-2-7-13(20-8-10)23-15-14(19)16(22-9-21-15)24-25-17(26)11-3-5-12(18)6-4-11/h2-9H,19H2,1H3,(H,25,26)(H2,20,21,22,23,24). The van der Waals surface area contributed by atoms with Gasteiger partial charge in [-0.3, -0.25) is 15.6 Å². The number of nitrogens with two attached hydrogens (primary N) is 1. The van der Waals surface area contributed by atoms with Crippen molar-refractivity contribution in [1.82, 2.24) is 20.4 Å². The molecule has 2 heterocycles. The van der Waals surface area contributed by atoms with Crippen molar-refractivity contribution in [2.45, 2.75) is 6.92 Å². The predicted octanol–water partition coefficient (Wildman–Crippen LogP) is 2.40. The summed E-state index contributed by atoms with van der Waals surface area (Å²) in [6, 6.07) is 8.82. The van der Waals surface area contributed by atoms with Crippen LogP contribution in [0.25, 0.3) is 0 Å². The van der Waals surface area contributed by atoms with E-state index in [0.717, 1.165) is 5.56 Å². The molecular formula is C17H16FN7O. The Bertz CT molecular complexity index is 913. The molecule has 1 amide bonds. The molecule has 8 nitrogen and oxygen atoms in total. The first-order valence-corrected chi connectivity index (χ1v) is 7.65. The molecule has 132 valence electrons. The van der Waals surface area contributed by atoms with Gasteiger partial charge in [0.25, 0.3) is 5.91 Å². The van der Waals surface area contributed by atoms with Gasteiger partial charge in [-0.1, -0.05) is 6.07 Å². The molecule has 0 fully saturated rings. The van der Waals surface area contributed by atoms with Crippen molar-refractivity contribution in [2.24, 2.45) is 0 Å². The van der Waals surface area contributed by atoms with E-state index in [2.05, 4.69) is 31.1 Å². The number of hydrazine groups is 1. The molecule has 0 spiro atoms. The molecule has 0 aliphatic carbocycles. The first kappa shape index (κ1) is 17.1. The SMILES string of the molecule is Cc1ccc(Nc2ncnc(NNC(=O)c3ccc(F)cc3)c2N)nc1. The quantitative estimate of drug-likeness (QED) is 0.520. The van der Waals surface area contributed by atoms with Crippen molar-refractivity contribution in [2.75, 3.05) is 16.5 Å². The fourth-order valence-corrected chi connectivity index (χ4v) is 2.05. The van der Waals surface area contributed by atoms with E-state index in [9.17, 15) is 9.18 Å². The molecule has 0 atom stereocenters. The van der Waals surface area contributed by atoms with Crippen LogP contribution in [0.3, 0.4) is 0 Å². The van der Waals surface area contributed by atoms with Gasteiger partial charge in [0.1, 0.15) is 23.6 Å². The highest BCUT2D eigenvalue weighted by Gasteiger charge is 2.11. The maximum Gasteiger partial charge on any atom is 0.269 e. The van der Waals surface area contributed by atoms with E-state index in [-0.39, 0.29) is 17.1 Å². The van der Waals surface area contributed by atoms with Gasteiger partial charge in [-0.25, -0.2) is 19.3 Å². The monoisotopic (exact) mass is 353 g/mol. The lowest BCUT2D eigenvalue weighted by Gasteiger charge is -2.13. The van der Waals surface area contributed by atoms with E-state index in [0.29, 0.717) is 11.6 Å². The van der Waals surface area contributed by atoms with Gasteiger partial charge in [0.15, 0.2) is 11.6 Å². The number of hydrogen-bond acceptors (Lipinski definition) is 7. The van der Waals surface area contributed by atoms with Gasteiger partial charge in [0.2, 0.25) is 0 Å². The van der Waals surface area contributed by atoms with Crippen molar-refractivity contribution in [3.8, 4) is 0 Å². The van der Waals surface area contributed by atoms with Crippen LogP contribution in [-0.4, -0.2) is 20.9 Å². The van der Waals surface area contributed by atoms with Gasteiger partial charge in [0, 0.05) is 11.8 Å². The lowest BCUT2D eigenvalue weighted by atomic mass is 10.2. The van der Waals surface area contributed by atoms with E-state index in [1.54, 1.807) is 12.3 Å². The number of nitrogens with zero attached hydrogens (tertiary/aromatic N) is 3. The Morgan fingerprint density at radius 1 is 1.04 bits per heavy atom. The number of carbonyl (C=O) groups is 1. The Kier molecular flexibility index (Phi) is 4.88. The number of carbonyl (C=O) groups excluding carboxylic acids is 1. The normalized spacial score (nSPS) is 10.2. The van der Waals surface area contributed by atoms with Gasteiger partial charge in [-0.15, -0.1) is 0 Å². The number of pyridine rings is 1. The molecule has 1 aromatic carbocycles. The summed E-state index contributed by atoms with van der Waals surface area (Å²) < 4.78 is 12.9. The molecule has 2 aromatic heterocycles. The highest BCUT2D eigenvalue weighted by Crippen LogP contribution is 2.24. The summed E-state index contributed by atoms with van der Waals surface area (Å²) in [6.45, 7) is 1.93. The number of halogens is 1. The highest BCUT2D eigenvalue weighted by atomic mass is 19.1. The van der Waals surface area contributed by atoms with E-state index in [1.807, 2.05) is 13.0 Å². The summed E-state index contributed by atoms with van der Waals surface area (Å²) in [5.74, 6) is 0.245. The number of nitrogen functional groups attached to an aromatic ring is 1. The minimum atomic E-state index is -0.460. The molecule has 0 unspecified atom stereocenters. The first-order valence-electron chi connectivity index (χ1n) is 7.65. The number of anilines is 4. The van der Waals surface area contributed by atoms with Gasteiger partial charge < -0.3 is 11.1 Å². The third-order valence-electron chi connectivity index (χ3n) is 3.44. The largest absolute Gasteiger partial charge is 0.393 e. The Morgan fingerprint density at radius 2 is 1.77 bits per heavy atom. The zero-order valence-corrected chi connectivity index (χ0v) is 13.8. The summed E-state index contributed by atoms with van der Waals surface area (Å²) in [6.07, 6.45) is 3.00. The number of aromatic nitrogens is 3. The van der Waals surface area contributed by atoms with Crippen LogP contribution in [-0.2, 0) is 0 Å². The fourth-order valence-electron chi connectivity index (χ4n) is 2.05. The number of aryl methyl sites for hydroxylation is 1. The average molecular weight is 353 g/mol. The topological polar surface area (TPSA) is 118 Å². The van der Waals surface area contributed by atoms with Crippen LogP contribution in [0.2, 0.25) is 0 Å². The lowest BCUT2D eigenvalue weighted by Crippen LogP contribution is -2.30. The summed E-state index contributed by atoms with van der Waals surface area (Å²) in [5.41, 5.74) is 12.6. The molecule has 0 aliphatic rings. The second-order valence-electron chi connectivity index (χ2n) is 5.42. The fraction of sp³-hybridized carbons (Fsp3) is 0.0588. The van der Waals surface area contributed by atoms with Gasteiger partial charge in [-0.05, 0) is 42.8 Å². The molecule has 0 saturated heterocycles. The van der Waals surface area contributed by atoms with E-state index in [1.165, 1.54) is 30.6 Å². The van der Waals surface area contributed by atoms with Crippen molar-refractivity contribution in [1.29, 1.82) is 0 Å². The van der Waals surface area contributed by atoms with Crippen LogP contribution >= 0.6 is 0 Å². The maximum atomic E-state index is 12.9. The van der Waals surface area contributed by atoms with Crippen LogP contribution in [0.5, 0.6) is 0 Å². The summed E-state index contributed by atoms with van der Waals surface area (Å²) in [7, 11) is 0. The minimum absolute atomic E-state index is 0.203. The predicted molar refractivity (Wildman–Crippen MR) is 96.2 cm³/mol. The number of hydrogen-bond donors (Lipinski definition) is 4. The van der Waals surface area contributed by atoms with Gasteiger partial charge in [0.05, 0.1) is 0 Å². The molecule has 0 saturated carbocycles. The minimum Gasteiger partial charge on any atom is -0.393 e. The zero-order chi connectivity index (χ0) is 18.5. The molecule has 0 radical (unpaired) electrons. The van der Waals surface area contributed by atoms with Gasteiger partial charge in [-0.2, -0.15) is 0 Å². The highest BCUT2D eigenvalue weighted by molar-refractivity contribution is 5.95. The van der Waals surface area contributed by atoms with E-state index in [4.69, 9.17) is 5.73 Å². The Morgan fingerprint density at radius 3 is 2.46 bits per heavy atom. The molecule has 5 N–H and O–H groups in total. The first-order chi connectivity index (χ1) is 12.5. The van der Waals surface area contributed by atoms with Crippen LogP contribution in [0.4, 0.5) is 27.5 Å². The second kappa shape index (κ2) is 7.43. The number of nitrogens with one attached hydrogen (secondary N) is 3. The van der Waals surface area contributed by atoms with Crippen molar-refractivity contribution < 1.29 is 9.18 Å². The van der Waals surface area contributed by atoms with Crippen LogP contribution in [0.1, 0.15) is 15.9 Å². The van der Waals surface area contributed by atoms with Crippen LogP contribution < -0.4 is 21.9 Å². The molecule has 0 bridgehead atoms. The molecule has 3 rings (SSSR count). The van der Waals surface area contributed by atoms with Crippen molar-refractivity contribution in [3.63, 3.8) is 0 Å². The number of benzene rings is 1. The lowest BCUT2D eigenvalue weighted by molar-refractivity contribution is 0.0962. The summed E-state index contributed by atoms with van der Waals surface area (Å²) in [4.78, 5) is 24.3. The smallest absolute Gasteiger partial charge is 0.269 e. The summed E-state index contributed by atoms with van der Waals surface area (Å²) in [5, 5.41) is 2.98. The van der Waals surface area contributed by atoms with E-state index >= 15 is 0 Å². The zero-order valence-electron chi connectivity index (χ0n) is 13.8. The number of rotatable bonds is 5. The van der Waals surface area contributed by atoms with Gasteiger partial charge >= 0.3 is 0 Å². The van der Waals surface area contributed by atoms with Crippen molar-refractivity contribution >= 4 is 29.0 Å². The summed E-state index contributed by atoms with van der Waals surface area (Å²) >= 11 is 0. The van der Waals surface area contributed by atoms with Crippen LogP contribution in [0.15, 0.2) is 48.9 Å². The third kappa shape index (κ3) is 4.01. The Hall–Kier alpha value is -3.75. The Balaban J connectivity index is 1.69. The maximum absolute atomic E-state index is 12.9. The third-order valence-corrected chi connectivity index (χ3v) is 3.44. The average Bonchev–Trinajstić information content (AvgIpc) is 2.64. The molecule has 0 aliphatic heterocycles. The Labute approximate surface area is 148 Å². The molecule has 9 heteroatoms.